The third kappa shape index (κ3) is 4.54. The second-order valence-corrected chi connectivity index (χ2v) is 9.13. The normalized spacial score (nSPS) is 15.2. The molecule has 3 rings (SSSR count). The van der Waals surface area contributed by atoms with Gasteiger partial charge < -0.3 is 10.6 Å². The molecule has 1 fully saturated rings. The summed E-state index contributed by atoms with van der Waals surface area (Å²) in [6, 6.07) is 10.6. The van der Waals surface area contributed by atoms with Gasteiger partial charge in [0, 0.05) is 24.6 Å². The van der Waals surface area contributed by atoms with Crippen LogP contribution in [0.25, 0.3) is 11.3 Å². The van der Waals surface area contributed by atoms with Crippen LogP contribution in [0.15, 0.2) is 29.4 Å². The van der Waals surface area contributed by atoms with Crippen LogP contribution in [0.1, 0.15) is 44.7 Å². The summed E-state index contributed by atoms with van der Waals surface area (Å²) in [4.78, 5) is 22.8. The molecule has 152 valence electrons. The maximum atomic E-state index is 11.5. The topological polar surface area (TPSA) is 95.9 Å². The van der Waals surface area contributed by atoms with E-state index in [1.807, 2.05) is 18.4 Å². The van der Waals surface area contributed by atoms with Crippen LogP contribution in [0, 0.1) is 17.2 Å². The predicted octanol–water partition coefficient (Wildman–Crippen LogP) is 3.74. The van der Waals surface area contributed by atoms with E-state index in [-0.39, 0.29) is 17.2 Å². The second-order valence-electron chi connectivity index (χ2n) is 8.36. The fourth-order valence-electron chi connectivity index (χ4n) is 3.56. The lowest BCUT2D eigenvalue weighted by molar-refractivity contribution is -0.122. The van der Waals surface area contributed by atoms with Gasteiger partial charge >= 0.3 is 0 Å². The number of benzene rings is 1. The number of carbonyl (C=O) groups is 1. The molecule has 29 heavy (non-hydrogen) atoms. The van der Waals surface area contributed by atoms with Gasteiger partial charge in [0.05, 0.1) is 5.69 Å². The molecule has 1 aromatic carbocycles. The highest BCUT2D eigenvalue weighted by Gasteiger charge is 2.27. The van der Waals surface area contributed by atoms with E-state index in [4.69, 9.17) is 5.73 Å². The Morgan fingerprint density at radius 3 is 2.31 bits per heavy atom. The van der Waals surface area contributed by atoms with Gasteiger partial charge in [0.25, 0.3) is 0 Å². The van der Waals surface area contributed by atoms with E-state index in [0.29, 0.717) is 48.2 Å². The summed E-state index contributed by atoms with van der Waals surface area (Å²) in [6.45, 7) is 7.82. The zero-order valence-electron chi connectivity index (χ0n) is 17.4. The first-order valence-electron chi connectivity index (χ1n) is 9.76. The van der Waals surface area contributed by atoms with E-state index in [1.54, 1.807) is 0 Å². The molecule has 1 aromatic heterocycles. The highest BCUT2D eigenvalue weighted by Crippen LogP contribution is 2.33. The van der Waals surface area contributed by atoms with Gasteiger partial charge in [0.15, 0.2) is 11.0 Å². The summed E-state index contributed by atoms with van der Waals surface area (Å²) in [5, 5.41) is 10.6. The van der Waals surface area contributed by atoms with Gasteiger partial charge in [-0.05, 0) is 30.1 Å². The molecule has 0 bridgehead atoms. The van der Waals surface area contributed by atoms with Crippen molar-refractivity contribution in [2.45, 2.75) is 44.2 Å². The van der Waals surface area contributed by atoms with Gasteiger partial charge in [-0.1, -0.05) is 56.8 Å². The van der Waals surface area contributed by atoms with Crippen molar-refractivity contribution in [3.05, 3.63) is 35.4 Å². The molecule has 0 atom stereocenters. The Morgan fingerprint density at radius 2 is 1.83 bits per heavy atom. The van der Waals surface area contributed by atoms with Crippen LogP contribution in [0.4, 0.5) is 5.82 Å². The van der Waals surface area contributed by atoms with Crippen LogP contribution in [-0.4, -0.2) is 35.2 Å². The van der Waals surface area contributed by atoms with Crippen LogP contribution in [0.3, 0.4) is 0 Å². The standard InChI is InChI=1S/C22H27N5OS/c1-22(2,3)16-7-5-14(6-8-16)18-17(13-23)20(26-21(25-18)29-4)27-11-9-15(10-12-27)19(24)28/h5-8,15H,9-12H2,1-4H3,(H2,24,28). The number of nitriles is 1. The van der Waals surface area contributed by atoms with Crippen LogP contribution >= 0.6 is 11.8 Å². The molecule has 1 aliphatic rings. The average Bonchev–Trinajstić information content (AvgIpc) is 2.72. The quantitative estimate of drug-likeness (QED) is 0.610. The van der Waals surface area contributed by atoms with Crippen molar-refractivity contribution >= 4 is 23.5 Å². The Balaban J connectivity index is 2.02. The van der Waals surface area contributed by atoms with Gasteiger partial charge in [-0.2, -0.15) is 5.26 Å². The van der Waals surface area contributed by atoms with Crippen LogP contribution < -0.4 is 10.6 Å². The third-order valence-corrected chi connectivity index (χ3v) is 5.93. The number of hydrogen-bond donors (Lipinski definition) is 1. The van der Waals surface area contributed by atoms with Crippen molar-refractivity contribution < 1.29 is 4.79 Å². The van der Waals surface area contributed by atoms with E-state index < -0.39 is 0 Å². The molecule has 0 spiro atoms. The first kappa shape index (κ1) is 21.1. The number of hydrogen-bond acceptors (Lipinski definition) is 6. The molecule has 6 nitrogen and oxygen atoms in total. The van der Waals surface area contributed by atoms with E-state index in [2.05, 4.69) is 53.8 Å². The van der Waals surface area contributed by atoms with Gasteiger partial charge in [-0.3, -0.25) is 4.79 Å². The minimum Gasteiger partial charge on any atom is -0.369 e. The smallest absolute Gasteiger partial charge is 0.220 e. The predicted molar refractivity (Wildman–Crippen MR) is 117 cm³/mol. The number of anilines is 1. The Morgan fingerprint density at radius 1 is 1.21 bits per heavy atom. The van der Waals surface area contributed by atoms with Crippen molar-refractivity contribution in [3.63, 3.8) is 0 Å². The molecule has 1 aliphatic heterocycles. The Bertz CT molecular complexity index is 935. The highest BCUT2D eigenvalue weighted by atomic mass is 32.2. The number of aromatic nitrogens is 2. The number of amides is 1. The second kappa shape index (κ2) is 8.42. The fourth-order valence-corrected chi connectivity index (χ4v) is 3.93. The lowest BCUT2D eigenvalue weighted by atomic mass is 9.86. The number of primary amides is 1. The van der Waals surface area contributed by atoms with E-state index in [1.165, 1.54) is 17.3 Å². The lowest BCUT2D eigenvalue weighted by Gasteiger charge is -2.32. The van der Waals surface area contributed by atoms with Gasteiger partial charge in [0.2, 0.25) is 5.91 Å². The molecular formula is C22H27N5OS. The first-order valence-corrected chi connectivity index (χ1v) is 11.0. The van der Waals surface area contributed by atoms with Crippen molar-refractivity contribution in [2.75, 3.05) is 24.2 Å². The largest absolute Gasteiger partial charge is 0.369 e. The van der Waals surface area contributed by atoms with E-state index in [9.17, 15) is 10.1 Å². The maximum absolute atomic E-state index is 11.5. The Labute approximate surface area is 176 Å². The van der Waals surface area contributed by atoms with E-state index in [0.717, 1.165) is 5.56 Å². The number of nitrogens with zero attached hydrogens (tertiary/aromatic N) is 4. The molecule has 2 N–H and O–H groups in total. The van der Waals surface area contributed by atoms with Gasteiger partial charge in [0.1, 0.15) is 11.6 Å². The van der Waals surface area contributed by atoms with Crippen molar-refractivity contribution in [2.24, 2.45) is 11.7 Å². The molecule has 1 saturated heterocycles. The Hall–Kier alpha value is -2.59. The summed E-state index contributed by atoms with van der Waals surface area (Å²) >= 11 is 1.46. The maximum Gasteiger partial charge on any atom is 0.220 e. The fraction of sp³-hybridized carbons (Fsp3) is 0.455. The summed E-state index contributed by atoms with van der Waals surface area (Å²) in [6.07, 6.45) is 3.28. The summed E-state index contributed by atoms with van der Waals surface area (Å²) in [5.74, 6) is 0.282. The van der Waals surface area contributed by atoms with Gasteiger partial charge in [-0.15, -0.1) is 0 Å². The molecule has 1 amide bonds. The monoisotopic (exact) mass is 409 g/mol. The molecule has 0 unspecified atom stereocenters. The number of piperidine rings is 1. The molecule has 0 saturated carbocycles. The van der Waals surface area contributed by atoms with Crippen molar-refractivity contribution in [1.29, 1.82) is 5.26 Å². The number of thioether (sulfide) groups is 1. The summed E-state index contributed by atoms with van der Waals surface area (Å²) in [7, 11) is 0. The average molecular weight is 410 g/mol. The minimum absolute atomic E-state index is 0.0582. The number of rotatable bonds is 4. The SMILES string of the molecule is CSc1nc(-c2ccc(C(C)(C)C)cc2)c(C#N)c(N2CCC(C(N)=O)CC2)n1. The first-order chi connectivity index (χ1) is 13.7. The van der Waals surface area contributed by atoms with Crippen molar-refractivity contribution in [3.8, 4) is 17.3 Å². The molecule has 0 aliphatic carbocycles. The molecule has 2 aromatic rings. The van der Waals surface area contributed by atoms with Crippen LogP contribution in [0.5, 0.6) is 0 Å². The minimum atomic E-state index is -0.253. The van der Waals surface area contributed by atoms with Crippen molar-refractivity contribution in [1.82, 2.24) is 9.97 Å². The molecular weight excluding hydrogens is 382 g/mol. The Kier molecular flexibility index (Phi) is 6.13. The summed E-state index contributed by atoms with van der Waals surface area (Å²) in [5.41, 5.74) is 8.78. The van der Waals surface area contributed by atoms with Crippen LogP contribution in [0.2, 0.25) is 0 Å². The zero-order valence-corrected chi connectivity index (χ0v) is 18.2. The lowest BCUT2D eigenvalue weighted by Crippen LogP contribution is -2.39. The zero-order chi connectivity index (χ0) is 21.2. The molecule has 2 heterocycles. The number of carbonyl (C=O) groups excluding carboxylic acids is 1. The summed E-state index contributed by atoms with van der Waals surface area (Å²) < 4.78 is 0. The highest BCUT2D eigenvalue weighted by molar-refractivity contribution is 7.98. The molecule has 0 radical (unpaired) electrons. The number of nitrogens with two attached hydrogens (primary N) is 1. The van der Waals surface area contributed by atoms with Gasteiger partial charge in [-0.25, -0.2) is 9.97 Å². The van der Waals surface area contributed by atoms with E-state index >= 15 is 0 Å². The van der Waals surface area contributed by atoms with Crippen LogP contribution in [-0.2, 0) is 10.2 Å². The molecule has 7 heteroatoms. The third-order valence-electron chi connectivity index (χ3n) is 5.39.